The molecule has 2 fully saturated rings. The summed E-state index contributed by atoms with van der Waals surface area (Å²) in [7, 11) is 0. The highest BCUT2D eigenvalue weighted by Crippen LogP contribution is 2.42. The summed E-state index contributed by atoms with van der Waals surface area (Å²) in [6.07, 6.45) is 2.24. The summed E-state index contributed by atoms with van der Waals surface area (Å²) in [6.45, 7) is 2.58. The van der Waals surface area contributed by atoms with Crippen LogP contribution in [0.25, 0.3) is 0 Å². The van der Waals surface area contributed by atoms with E-state index in [1.807, 2.05) is 9.80 Å². The maximum absolute atomic E-state index is 13.6. The van der Waals surface area contributed by atoms with Crippen LogP contribution in [0.5, 0.6) is 0 Å². The van der Waals surface area contributed by atoms with Gasteiger partial charge in [-0.25, -0.2) is 9.37 Å². The second-order valence-corrected chi connectivity index (χ2v) is 7.79. The highest BCUT2D eigenvalue weighted by Gasteiger charge is 2.33. The molecule has 0 atom stereocenters. The summed E-state index contributed by atoms with van der Waals surface area (Å²) in [4.78, 5) is 33.9. The number of nitrogens with zero attached hydrogens (tertiary/aromatic N) is 3. The Morgan fingerprint density at radius 2 is 1.93 bits per heavy atom. The number of rotatable bonds is 5. The molecule has 6 nitrogen and oxygen atoms in total. The molecule has 4 rings (SSSR count). The summed E-state index contributed by atoms with van der Waals surface area (Å²) < 4.78 is 13.6. The minimum atomic E-state index is -0.447. The Labute approximate surface area is 161 Å². The van der Waals surface area contributed by atoms with Crippen LogP contribution in [0.15, 0.2) is 29.8 Å². The van der Waals surface area contributed by atoms with Crippen molar-refractivity contribution in [1.82, 2.24) is 14.8 Å². The third kappa shape index (κ3) is 4.17. The van der Waals surface area contributed by atoms with Crippen LogP contribution in [0.3, 0.4) is 0 Å². The Hall–Kier alpha value is -2.32. The molecule has 2 aromatic rings. The molecular formula is C19H21FN4O2S. The van der Waals surface area contributed by atoms with Crippen molar-refractivity contribution in [2.75, 3.05) is 38.0 Å². The molecule has 1 aliphatic heterocycles. The minimum Gasteiger partial charge on any atom is -0.335 e. The van der Waals surface area contributed by atoms with Crippen LogP contribution in [0.4, 0.5) is 10.1 Å². The number of thiazole rings is 1. The fraction of sp³-hybridized carbons (Fsp3) is 0.421. The van der Waals surface area contributed by atoms with E-state index < -0.39 is 5.82 Å². The third-order valence-corrected chi connectivity index (χ3v) is 5.76. The van der Waals surface area contributed by atoms with E-state index in [0.717, 1.165) is 23.4 Å². The van der Waals surface area contributed by atoms with E-state index in [1.165, 1.54) is 23.5 Å². The summed E-state index contributed by atoms with van der Waals surface area (Å²) >= 11 is 1.42. The van der Waals surface area contributed by atoms with Gasteiger partial charge in [0.15, 0.2) is 0 Å². The quantitative estimate of drug-likeness (QED) is 0.855. The second kappa shape index (κ2) is 7.74. The van der Waals surface area contributed by atoms with Crippen molar-refractivity contribution in [3.05, 3.63) is 46.2 Å². The van der Waals surface area contributed by atoms with Gasteiger partial charge < -0.3 is 10.2 Å². The highest BCUT2D eigenvalue weighted by atomic mass is 32.1. The van der Waals surface area contributed by atoms with Gasteiger partial charge in [0, 0.05) is 32.1 Å². The number of anilines is 1. The molecule has 2 heterocycles. The predicted octanol–water partition coefficient (Wildman–Crippen LogP) is 2.56. The van der Waals surface area contributed by atoms with E-state index >= 15 is 0 Å². The number of carbonyl (C=O) groups is 2. The Morgan fingerprint density at radius 1 is 1.19 bits per heavy atom. The molecule has 1 N–H and O–H groups in total. The number of hydrogen-bond donors (Lipinski definition) is 1. The first-order chi connectivity index (χ1) is 13.1. The van der Waals surface area contributed by atoms with Crippen molar-refractivity contribution < 1.29 is 14.0 Å². The molecule has 0 unspecified atom stereocenters. The number of amides is 2. The lowest BCUT2D eigenvalue weighted by molar-refractivity contribution is -0.117. The maximum atomic E-state index is 13.6. The van der Waals surface area contributed by atoms with Crippen LogP contribution in [0, 0.1) is 5.82 Å². The zero-order chi connectivity index (χ0) is 18.8. The second-order valence-electron chi connectivity index (χ2n) is 6.94. The molecule has 1 saturated carbocycles. The molecule has 1 aromatic heterocycles. The van der Waals surface area contributed by atoms with E-state index in [2.05, 4.69) is 10.3 Å². The number of piperazine rings is 1. The van der Waals surface area contributed by atoms with E-state index in [0.29, 0.717) is 32.1 Å². The van der Waals surface area contributed by atoms with Gasteiger partial charge in [-0.2, -0.15) is 0 Å². The van der Waals surface area contributed by atoms with Gasteiger partial charge in [0.25, 0.3) is 5.91 Å². The minimum absolute atomic E-state index is 0.0508. The summed E-state index contributed by atoms with van der Waals surface area (Å²) in [5.41, 5.74) is 2.90. The standard InChI is InChI=1S/C19H21FN4O2S/c20-14-3-1-2-4-15(14)22-16(25)11-23-7-9-24(10-8-23)19(26)18-17(13-5-6-13)21-12-27-18/h1-4,12-13H,5-11H2,(H,22,25). The van der Waals surface area contributed by atoms with Crippen LogP contribution in [0.1, 0.15) is 34.1 Å². The van der Waals surface area contributed by atoms with Gasteiger partial charge in [-0.05, 0) is 25.0 Å². The summed E-state index contributed by atoms with van der Waals surface area (Å²) in [6, 6.07) is 6.11. The molecule has 27 heavy (non-hydrogen) atoms. The number of hydrogen-bond acceptors (Lipinski definition) is 5. The molecule has 2 aliphatic rings. The number of aromatic nitrogens is 1. The molecule has 0 bridgehead atoms. The van der Waals surface area contributed by atoms with Crippen LogP contribution in [0.2, 0.25) is 0 Å². The lowest BCUT2D eigenvalue weighted by Gasteiger charge is -2.34. The monoisotopic (exact) mass is 388 g/mol. The van der Waals surface area contributed by atoms with E-state index in [9.17, 15) is 14.0 Å². The predicted molar refractivity (Wildman–Crippen MR) is 101 cm³/mol. The van der Waals surface area contributed by atoms with Crippen molar-refractivity contribution in [2.45, 2.75) is 18.8 Å². The number of halogens is 1. The topological polar surface area (TPSA) is 65.5 Å². The van der Waals surface area contributed by atoms with Crippen molar-refractivity contribution in [3.63, 3.8) is 0 Å². The van der Waals surface area contributed by atoms with Crippen molar-refractivity contribution in [3.8, 4) is 0 Å². The molecule has 1 saturated heterocycles. The van der Waals surface area contributed by atoms with E-state index in [1.54, 1.807) is 17.6 Å². The number of benzene rings is 1. The zero-order valence-corrected chi connectivity index (χ0v) is 15.7. The van der Waals surface area contributed by atoms with Crippen molar-refractivity contribution >= 4 is 28.8 Å². The molecule has 2 amide bonds. The molecule has 1 aromatic carbocycles. The van der Waals surface area contributed by atoms with Gasteiger partial charge in [0.05, 0.1) is 23.4 Å². The van der Waals surface area contributed by atoms with Crippen LogP contribution < -0.4 is 5.32 Å². The lowest BCUT2D eigenvalue weighted by Crippen LogP contribution is -2.50. The van der Waals surface area contributed by atoms with Crippen LogP contribution in [-0.4, -0.2) is 59.3 Å². The molecule has 1 aliphatic carbocycles. The van der Waals surface area contributed by atoms with Crippen LogP contribution in [-0.2, 0) is 4.79 Å². The molecule has 8 heteroatoms. The molecule has 0 spiro atoms. The average Bonchev–Trinajstić information content (AvgIpc) is 3.40. The number of nitrogens with one attached hydrogen (secondary N) is 1. The molecule has 142 valence electrons. The SMILES string of the molecule is O=C(CN1CCN(C(=O)c2scnc2C2CC2)CC1)Nc1ccccc1F. The molecular weight excluding hydrogens is 367 g/mol. The first-order valence-corrected chi connectivity index (χ1v) is 9.99. The zero-order valence-electron chi connectivity index (χ0n) is 14.9. The summed E-state index contributed by atoms with van der Waals surface area (Å²) in [5, 5.41) is 2.60. The van der Waals surface area contributed by atoms with Crippen molar-refractivity contribution in [1.29, 1.82) is 0 Å². The lowest BCUT2D eigenvalue weighted by atomic mass is 10.2. The Bertz CT molecular complexity index is 844. The smallest absolute Gasteiger partial charge is 0.265 e. The molecule has 0 radical (unpaired) electrons. The van der Waals surface area contributed by atoms with Gasteiger partial charge >= 0.3 is 0 Å². The van der Waals surface area contributed by atoms with Gasteiger partial charge in [-0.15, -0.1) is 11.3 Å². The number of carbonyl (C=O) groups excluding carboxylic acids is 2. The summed E-state index contributed by atoms with van der Waals surface area (Å²) in [5.74, 6) is -0.191. The Kier molecular flexibility index (Phi) is 5.18. The van der Waals surface area contributed by atoms with E-state index in [-0.39, 0.29) is 24.0 Å². The van der Waals surface area contributed by atoms with E-state index in [4.69, 9.17) is 0 Å². The number of para-hydroxylation sites is 1. The largest absolute Gasteiger partial charge is 0.335 e. The average molecular weight is 388 g/mol. The normalized spacial score (nSPS) is 17.7. The first-order valence-electron chi connectivity index (χ1n) is 9.11. The Balaban J connectivity index is 1.28. The van der Waals surface area contributed by atoms with Gasteiger partial charge in [0.2, 0.25) is 5.91 Å². The maximum Gasteiger partial charge on any atom is 0.265 e. The first kappa shape index (κ1) is 18.1. The van der Waals surface area contributed by atoms with Gasteiger partial charge in [0.1, 0.15) is 10.7 Å². The third-order valence-electron chi connectivity index (χ3n) is 4.93. The Morgan fingerprint density at radius 3 is 2.63 bits per heavy atom. The van der Waals surface area contributed by atoms with Gasteiger partial charge in [-0.3, -0.25) is 14.5 Å². The van der Waals surface area contributed by atoms with Crippen molar-refractivity contribution in [2.24, 2.45) is 0 Å². The fourth-order valence-corrected chi connectivity index (χ4v) is 4.11. The fourth-order valence-electron chi connectivity index (χ4n) is 3.27. The highest BCUT2D eigenvalue weighted by molar-refractivity contribution is 7.11. The van der Waals surface area contributed by atoms with Crippen LogP contribution >= 0.6 is 11.3 Å². The van der Waals surface area contributed by atoms with Gasteiger partial charge in [-0.1, -0.05) is 12.1 Å².